The van der Waals surface area contributed by atoms with Gasteiger partial charge in [0.05, 0.1) is 10.8 Å². The molecule has 4 N–H and O–H groups in total. The second-order valence-electron chi connectivity index (χ2n) is 5.72. The zero-order chi connectivity index (χ0) is 9.62. The Bertz CT molecular complexity index is 395. The number of amides is 2. The van der Waals surface area contributed by atoms with Gasteiger partial charge in [-0.2, -0.15) is 0 Å². The van der Waals surface area contributed by atoms with Gasteiger partial charge in [0, 0.05) is 0 Å². The quantitative estimate of drug-likeness (QED) is 0.566. The molecule has 4 nitrogen and oxygen atoms in total. The van der Waals surface area contributed by atoms with Crippen molar-refractivity contribution < 1.29 is 9.59 Å². The van der Waals surface area contributed by atoms with Crippen LogP contribution < -0.4 is 11.5 Å². The van der Waals surface area contributed by atoms with E-state index < -0.39 is 10.8 Å². The molecule has 0 saturated heterocycles. The van der Waals surface area contributed by atoms with Gasteiger partial charge in [-0.1, -0.05) is 0 Å². The predicted octanol–water partition coefficient (Wildman–Crippen LogP) is -1.30. The zero-order valence-electron chi connectivity index (χ0n) is 7.44. The highest BCUT2D eigenvalue weighted by Crippen LogP contribution is 3.10. The summed E-state index contributed by atoms with van der Waals surface area (Å²) in [6.45, 7) is 0. The van der Waals surface area contributed by atoms with Gasteiger partial charge in [0.1, 0.15) is 0 Å². The lowest BCUT2D eigenvalue weighted by atomic mass is 8.91. The van der Waals surface area contributed by atoms with Crippen molar-refractivity contribution in [3.63, 3.8) is 0 Å². The highest BCUT2D eigenvalue weighted by atomic mass is 16.2. The SMILES string of the molecule is NC(=O)C12C3C4C5C3C1(C(N)=O)C5C42. The fourth-order valence-corrected chi connectivity index (χ4v) is 6.60. The van der Waals surface area contributed by atoms with Crippen LogP contribution in [0.15, 0.2) is 0 Å². The summed E-state index contributed by atoms with van der Waals surface area (Å²) < 4.78 is 0. The van der Waals surface area contributed by atoms with Gasteiger partial charge in [0.25, 0.3) is 0 Å². The number of rotatable bonds is 2. The van der Waals surface area contributed by atoms with E-state index in [1.54, 1.807) is 0 Å². The summed E-state index contributed by atoms with van der Waals surface area (Å²) in [4.78, 5) is 23.0. The number of carbonyl (C=O) groups excluding carboxylic acids is 2. The Morgan fingerprint density at radius 3 is 1.29 bits per heavy atom. The van der Waals surface area contributed by atoms with Gasteiger partial charge >= 0.3 is 0 Å². The Morgan fingerprint density at radius 1 is 0.786 bits per heavy atom. The van der Waals surface area contributed by atoms with E-state index in [2.05, 4.69) is 0 Å². The lowest BCUT2D eigenvalue weighted by molar-refractivity contribution is -0.625. The summed E-state index contributed by atoms with van der Waals surface area (Å²) in [7, 11) is 0. The second kappa shape index (κ2) is 1.17. The van der Waals surface area contributed by atoms with E-state index in [9.17, 15) is 9.59 Å². The van der Waals surface area contributed by atoms with Gasteiger partial charge in [0.15, 0.2) is 0 Å². The molecule has 6 rings (SSSR count). The molecule has 0 aromatic rings. The molecular formula is C10H10N2O2. The van der Waals surface area contributed by atoms with Crippen molar-refractivity contribution in [3.05, 3.63) is 0 Å². The summed E-state index contributed by atoms with van der Waals surface area (Å²) in [5.41, 5.74) is 10.0. The molecule has 0 heterocycles. The highest BCUT2D eigenvalue weighted by molar-refractivity contribution is 6.03. The maximum Gasteiger partial charge on any atom is 0.225 e. The second-order valence-corrected chi connectivity index (χ2v) is 5.72. The lowest BCUT2D eigenvalue weighted by Gasteiger charge is -3.09. The third kappa shape index (κ3) is 0.209. The number of hydrogen-bond donors (Lipinski definition) is 2. The zero-order valence-corrected chi connectivity index (χ0v) is 7.44. The number of primary amides is 2. The van der Waals surface area contributed by atoms with E-state index in [-0.39, 0.29) is 11.8 Å². The van der Waals surface area contributed by atoms with Gasteiger partial charge in [-0.15, -0.1) is 0 Å². The molecule has 0 spiro atoms. The van der Waals surface area contributed by atoms with Crippen molar-refractivity contribution >= 4 is 11.8 Å². The van der Waals surface area contributed by atoms with Crippen LogP contribution in [0.25, 0.3) is 0 Å². The Hall–Kier alpha value is -1.06. The predicted molar refractivity (Wildman–Crippen MR) is 44.2 cm³/mol. The number of nitrogens with two attached hydrogens (primary N) is 2. The molecule has 6 aliphatic rings. The largest absolute Gasteiger partial charge is 0.369 e. The van der Waals surface area contributed by atoms with E-state index in [1.807, 2.05) is 0 Å². The average Bonchev–Trinajstić information content (AvgIpc) is 2.16. The first-order valence-corrected chi connectivity index (χ1v) is 5.22. The van der Waals surface area contributed by atoms with E-state index in [4.69, 9.17) is 11.5 Å². The van der Waals surface area contributed by atoms with Crippen LogP contribution in [-0.2, 0) is 9.59 Å². The minimum Gasteiger partial charge on any atom is -0.369 e. The van der Waals surface area contributed by atoms with Gasteiger partial charge in [-0.3, -0.25) is 9.59 Å². The molecule has 2 amide bonds. The van der Waals surface area contributed by atoms with Crippen molar-refractivity contribution in [3.8, 4) is 0 Å². The van der Waals surface area contributed by atoms with Gasteiger partial charge < -0.3 is 11.5 Å². The van der Waals surface area contributed by atoms with E-state index >= 15 is 0 Å². The Labute approximate surface area is 80.0 Å². The minimum absolute atomic E-state index is 0.256. The average molecular weight is 190 g/mol. The molecule has 6 aliphatic carbocycles. The van der Waals surface area contributed by atoms with E-state index in [0.717, 1.165) is 11.8 Å². The fourth-order valence-electron chi connectivity index (χ4n) is 6.60. The maximum atomic E-state index is 11.5. The molecule has 4 unspecified atom stereocenters. The smallest absolute Gasteiger partial charge is 0.225 e. The van der Waals surface area contributed by atoms with Crippen molar-refractivity contribution in [2.45, 2.75) is 0 Å². The molecule has 0 aromatic heterocycles. The standard InChI is InChI=1S/C10H10N2O2/c11-7(13)9-3-1-2-5(3)10(9,8(12)14)6(2)4(1)9/h1-6H,(H2,11,13)(H2,12,14). The molecule has 0 aromatic carbocycles. The van der Waals surface area contributed by atoms with Crippen molar-refractivity contribution in [2.75, 3.05) is 0 Å². The van der Waals surface area contributed by atoms with Crippen LogP contribution in [0.2, 0.25) is 0 Å². The molecule has 6 saturated carbocycles. The maximum absolute atomic E-state index is 11.5. The van der Waals surface area contributed by atoms with Crippen LogP contribution in [0.4, 0.5) is 0 Å². The summed E-state index contributed by atoms with van der Waals surface area (Å²) in [5, 5.41) is 0. The van der Waals surface area contributed by atoms with Crippen LogP contribution in [0.5, 0.6) is 0 Å². The van der Waals surface area contributed by atoms with E-state index in [1.165, 1.54) is 0 Å². The van der Waals surface area contributed by atoms with Crippen LogP contribution in [-0.4, -0.2) is 11.8 Å². The van der Waals surface area contributed by atoms with Crippen molar-refractivity contribution in [2.24, 2.45) is 57.8 Å². The van der Waals surface area contributed by atoms with Crippen molar-refractivity contribution in [1.82, 2.24) is 0 Å². The molecular weight excluding hydrogens is 180 g/mol. The van der Waals surface area contributed by atoms with E-state index in [0.29, 0.717) is 23.7 Å². The molecule has 0 bridgehead atoms. The monoisotopic (exact) mass is 190 g/mol. The first-order chi connectivity index (χ1) is 6.62. The third-order valence-corrected chi connectivity index (χ3v) is 6.48. The Balaban J connectivity index is 1.77. The fraction of sp³-hybridized carbons (Fsp3) is 0.800. The van der Waals surface area contributed by atoms with Crippen molar-refractivity contribution in [1.29, 1.82) is 0 Å². The summed E-state index contributed by atoms with van der Waals surface area (Å²) >= 11 is 0. The number of hydrogen-bond acceptors (Lipinski definition) is 2. The first kappa shape index (κ1) is 6.43. The van der Waals surface area contributed by atoms with Crippen LogP contribution in [0.1, 0.15) is 0 Å². The molecule has 0 aliphatic heterocycles. The summed E-state index contributed by atoms with van der Waals surface area (Å²) in [6, 6.07) is 0. The molecule has 0 radical (unpaired) electrons. The van der Waals surface area contributed by atoms with Gasteiger partial charge in [-0.25, -0.2) is 0 Å². The molecule has 6 fully saturated rings. The van der Waals surface area contributed by atoms with Gasteiger partial charge in [-0.05, 0) is 35.5 Å². The molecule has 14 heavy (non-hydrogen) atoms. The minimum atomic E-state index is -0.451. The molecule has 4 atom stereocenters. The Kier molecular flexibility index (Phi) is 0.538. The summed E-state index contributed by atoms with van der Waals surface area (Å²) in [5.74, 6) is 2.79. The lowest BCUT2D eigenvalue weighted by Crippen LogP contribution is -3.13. The topological polar surface area (TPSA) is 86.2 Å². The summed E-state index contributed by atoms with van der Waals surface area (Å²) in [6.07, 6.45) is 0. The first-order valence-electron chi connectivity index (χ1n) is 5.22. The van der Waals surface area contributed by atoms with Crippen LogP contribution in [0.3, 0.4) is 0 Å². The molecule has 4 heteroatoms. The molecule has 72 valence electrons. The van der Waals surface area contributed by atoms with Crippen LogP contribution >= 0.6 is 0 Å². The van der Waals surface area contributed by atoms with Crippen LogP contribution in [0, 0.1) is 46.3 Å². The Morgan fingerprint density at radius 2 is 1.07 bits per heavy atom. The normalized spacial score (nSPS) is 76.9. The highest BCUT2D eigenvalue weighted by Gasteiger charge is 3.13. The third-order valence-electron chi connectivity index (χ3n) is 6.48. The van der Waals surface area contributed by atoms with Gasteiger partial charge in [0.2, 0.25) is 11.8 Å². The number of carbonyl (C=O) groups is 2.